The third-order valence-corrected chi connectivity index (χ3v) is 6.87. The normalized spacial score (nSPS) is 21.5. The van der Waals surface area contributed by atoms with E-state index in [2.05, 4.69) is 51.1 Å². The van der Waals surface area contributed by atoms with E-state index in [0.29, 0.717) is 19.1 Å². The van der Waals surface area contributed by atoms with Crippen LogP contribution < -0.4 is 4.90 Å². The van der Waals surface area contributed by atoms with E-state index in [4.69, 9.17) is 9.72 Å². The monoisotopic (exact) mass is 431 g/mol. The molecule has 8 nitrogen and oxygen atoms in total. The molecule has 1 N–H and O–H groups in total. The van der Waals surface area contributed by atoms with Crippen LogP contribution in [0, 0.1) is 17.2 Å². The first kappa shape index (κ1) is 20.9. The maximum Gasteiger partial charge on any atom is 0.130 e. The number of nitrogens with one attached hydrogen (secondary N) is 1. The van der Waals surface area contributed by atoms with Gasteiger partial charge in [0.05, 0.1) is 36.9 Å². The summed E-state index contributed by atoms with van der Waals surface area (Å²) < 4.78 is 5.66. The topological polar surface area (TPSA) is 94.0 Å². The number of hydrogen-bond acceptors (Lipinski definition) is 7. The second-order valence-corrected chi connectivity index (χ2v) is 8.96. The minimum atomic E-state index is -0.179. The van der Waals surface area contributed by atoms with Crippen molar-refractivity contribution >= 4 is 16.7 Å². The molecule has 0 bridgehead atoms. The number of hydrogen-bond donors (Lipinski definition) is 1. The van der Waals surface area contributed by atoms with Crippen molar-refractivity contribution in [3.63, 3.8) is 0 Å². The van der Waals surface area contributed by atoms with Gasteiger partial charge in [0.1, 0.15) is 17.0 Å². The molecule has 0 radical (unpaired) electrons. The molecule has 166 valence electrons. The van der Waals surface area contributed by atoms with Crippen molar-refractivity contribution in [1.29, 1.82) is 5.26 Å². The Kier molecular flexibility index (Phi) is 5.77. The number of anilines is 1. The number of ether oxygens (including phenoxy) is 1. The second kappa shape index (κ2) is 8.85. The lowest BCUT2D eigenvalue weighted by atomic mass is 9.80. The summed E-state index contributed by atoms with van der Waals surface area (Å²) in [5, 5.41) is 18.4. The molecule has 3 aromatic heterocycles. The van der Waals surface area contributed by atoms with Gasteiger partial charge in [-0.3, -0.25) is 10.1 Å². The number of morpholine rings is 1. The third kappa shape index (κ3) is 3.83. The Morgan fingerprint density at radius 2 is 2.06 bits per heavy atom. The fourth-order valence-electron chi connectivity index (χ4n) is 5.01. The van der Waals surface area contributed by atoms with Crippen LogP contribution in [-0.2, 0) is 4.74 Å². The number of nitrogens with zero attached hydrogens (tertiary/aromatic N) is 6. The zero-order valence-corrected chi connectivity index (χ0v) is 18.7. The van der Waals surface area contributed by atoms with Crippen LogP contribution in [0.1, 0.15) is 31.2 Å². The molecule has 2 atom stereocenters. The van der Waals surface area contributed by atoms with E-state index in [-0.39, 0.29) is 12.0 Å². The molecular formula is C24H29N7O. The first-order valence-electron chi connectivity index (χ1n) is 11.4. The molecule has 2 aliphatic heterocycles. The zero-order valence-electron chi connectivity index (χ0n) is 18.7. The van der Waals surface area contributed by atoms with E-state index >= 15 is 0 Å². The molecule has 2 saturated heterocycles. The molecule has 0 aliphatic carbocycles. The highest BCUT2D eigenvalue weighted by Gasteiger charge is 2.30. The Balaban J connectivity index is 1.68. The number of likely N-dealkylation sites (tertiary alicyclic amines) is 1. The Bertz CT molecular complexity index is 1120. The largest absolute Gasteiger partial charge is 0.377 e. The molecule has 5 rings (SSSR count). The van der Waals surface area contributed by atoms with Gasteiger partial charge in [-0.2, -0.15) is 10.4 Å². The predicted molar refractivity (Wildman–Crippen MR) is 123 cm³/mol. The lowest BCUT2D eigenvalue weighted by Crippen LogP contribution is -2.44. The molecule has 0 saturated carbocycles. The summed E-state index contributed by atoms with van der Waals surface area (Å²) >= 11 is 0. The molecular weight excluding hydrogens is 402 g/mol. The molecule has 2 fully saturated rings. The van der Waals surface area contributed by atoms with E-state index in [1.165, 1.54) is 0 Å². The number of aromatic amines is 1. The molecule has 1 unspecified atom stereocenters. The first-order valence-corrected chi connectivity index (χ1v) is 11.4. The van der Waals surface area contributed by atoms with Crippen LogP contribution in [0.25, 0.3) is 22.3 Å². The number of nitriles is 1. The average Bonchev–Trinajstić information content (AvgIpc) is 3.35. The minimum Gasteiger partial charge on any atom is -0.377 e. The van der Waals surface area contributed by atoms with Crippen molar-refractivity contribution in [3.05, 3.63) is 36.2 Å². The van der Waals surface area contributed by atoms with Crippen molar-refractivity contribution in [2.45, 2.75) is 31.7 Å². The highest BCUT2D eigenvalue weighted by Crippen LogP contribution is 2.39. The standard InChI is InChI=1S/C24H29N7O/c1-16-15-32-12-11-31(16)22-13-19(20(14-25)17-5-9-30(2)10-6-17)18-3-7-26-24(23(18)28-22)21-4-8-27-29-21/h3-4,7-8,13,16-17,20H,5-6,9-12,15H2,1-2H3,(H,27,29)/t16-,20?/m1/s1. The van der Waals surface area contributed by atoms with Gasteiger partial charge in [0.15, 0.2) is 0 Å². The van der Waals surface area contributed by atoms with Crippen LogP contribution in [0.4, 0.5) is 5.82 Å². The Morgan fingerprint density at radius 1 is 1.22 bits per heavy atom. The molecule has 0 amide bonds. The summed E-state index contributed by atoms with van der Waals surface area (Å²) in [6.07, 6.45) is 5.59. The van der Waals surface area contributed by atoms with Gasteiger partial charge >= 0.3 is 0 Å². The van der Waals surface area contributed by atoms with Crippen molar-refractivity contribution in [2.24, 2.45) is 5.92 Å². The smallest absolute Gasteiger partial charge is 0.130 e. The number of pyridine rings is 2. The second-order valence-electron chi connectivity index (χ2n) is 8.96. The van der Waals surface area contributed by atoms with Gasteiger partial charge < -0.3 is 14.5 Å². The summed E-state index contributed by atoms with van der Waals surface area (Å²) in [6, 6.07) is 8.94. The fourth-order valence-corrected chi connectivity index (χ4v) is 5.01. The van der Waals surface area contributed by atoms with E-state index < -0.39 is 0 Å². The first-order chi connectivity index (χ1) is 15.7. The lowest BCUT2D eigenvalue weighted by Gasteiger charge is -2.36. The Labute approximate surface area is 188 Å². The van der Waals surface area contributed by atoms with Gasteiger partial charge in [0, 0.05) is 24.3 Å². The van der Waals surface area contributed by atoms with Gasteiger partial charge in [0.2, 0.25) is 0 Å². The maximum absolute atomic E-state index is 10.3. The van der Waals surface area contributed by atoms with E-state index in [1.807, 2.05) is 18.3 Å². The van der Waals surface area contributed by atoms with Crippen LogP contribution in [0.15, 0.2) is 30.6 Å². The van der Waals surface area contributed by atoms with Gasteiger partial charge in [-0.05, 0) is 69.6 Å². The summed E-state index contributed by atoms with van der Waals surface area (Å²) in [5.41, 5.74) is 3.47. The number of H-pyrrole nitrogens is 1. The highest BCUT2D eigenvalue weighted by atomic mass is 16.5. The van der Waals surface area contributed by atoms with Crippen LogP contribution >= 0.6 is 0 Å². The predicted octanol–water partition coefficient (Wildman–Crippen LogP) is 3.19. The maximum atomic E-state index is 10.3. The number of rotatable bonds is 4. The fraction of sp³-hybridized carbons (Fsp3) is 0.500. The summed E-state index contributed by atoms with van der Waals surface area (Å²) in [6.45, 7) is 6.34. The molecule has 32 heavy (non-hydrogen) atoms. The molecule has 0 aromatic carbocycles. The molecule has 3 aromatic rings. The number of aromatic nitrogens is 4. The Hall–Kier alpha value is -3.02. The summed E-state index contributed by atoms with van der Waals surface area (Å²) in [5.74, 6) is 1.05. The molecule has 5 heterocycles. The quantitative estimate of drug-likeness (QED) is 0.678. The average molecular weight is 432 g/mol. The molecule has 2 aliphatic rings. The molecule has 8 heteroatoms. The summed E-state index contributed by atoms with van der Waals surface area (Å²) in [4.78, 5) is 14.4. The van der Waals surface area contributed by atoms with Crippen molar-refractivity contribution < 1.29 is 4.74 Å². The molecule has 0 spiro atoms. The van der Waals surface area contributed by atoms with Gasteiger partial charge in [-0.15, -0.1) is 0 Å². The van der Waals surface area contributed by atoms with Crippen molar-refractivity contribution in [1.82, 2.24) is 25.1 Å². The minimum absolute atomic E-state index is 0.179. The van der Waals surface area contributed by atoms with E-state index in [0.717, 1.165) is 66.1 Å². The van der Waals surface area contributed by atoms with Crippen molar-refractivity contribution in [3.8, 4) is 17.5 Å². The van der Waals surface area contributed by atoms with Crippen LogP contribution in [-0.4, -0.2) is 71.0 Å². The lowest BCUT2D eigenvalue weighted by molar-refractivity contribution is 0.0985. The van der Waals surface area contributed by atoms with Gasteiger partial charge in [0.25, 0.3) is 0 Å². The van der Waals surface area contributed by atoms with Gasteiger partial charge in [-0.1, -0.05) is 0 Å². The SMILES string of the molecule is C[C@@H]1COCCN1c1cc(C(C#N)C2CCN(C)CC2)c2ccnc(-c3ccn[nH]3)c2n1. The summed E-state index contributed by atoms with van der Waals surface area (Å²) in [7, 11) is 2.15. The zero-order chi connectivity index (χ0) is 22.1. The van der Waals surface area contributed by atoms with Crippen molar-refractivity contribution in [2.75, 3.05) is 44.8 Å². The van der Waals surface area contributed by atoms with Crippen LogP contribution in [0.3, 0.4) is 0 Å². The number of fused-ring (bicyclic) bond motifs is 1. The number of piperidine rings is 1. The van der Waals surface area contributed by atoms with E-state index in [1.54, 1.807) is 6.20 Å². The van der Waals surface area contributed by atoms with Crippen LogP contribution in [0.5, 0.6) is 0 Å². The van der Waals surface area contributed by atoms with E-state index in [9.17, 15) is 5.26 Å². The highest BCUT2D eigenvalue weighted by molar-refractivity contribution is 5.94. The third-order valence-electron chi connectivity index (χ3n) is 6.87. The van der Waals surface area contributed by atoms with Gasteiger partial charge in [-0.25, -0.2) is 4.98 Å². The Morgan fingerprint density at radius 3 is 2.78 bits per heavy atom. The van der Waals surface area contributed by atoms with Crippen LogP contribution in [0.2, 0.25) is 0 Å².